The molecule has 1 aromatic carbocycles. The number of fused-ring (bicyclic) bond motifs is 1. The van der Waals surface area contributed by atoms with Crippen LogP contribution in [-0.2, 0) is 13.0 Å². The summed E-state index contributed by atoms with van der Waals surface area (Å²) >= 11 is 1.07. The number of thiazole rings is 1. The van der Waals surface area contributed by atoms with Crippen molar-refractivity contribution in [1.82, 2.24) is 4.57 Å². The second-order valence-electron chi connectivity index (χ2n) is 5.23. The van der Waals surface area contributed by atoms with Gasteiger partial charge in [0.15, 0.2) is 0 Å². The van der Waals surface area contributed by atoms with Crippen molar-refractivity contribution in [1.29, 1.82) is 0 Å². The molecule has 0 saturated heterocycles. The minimum absolute atomic E-state index is 0.0536. The van der Waals surface area contributed by atoms with Gasteiger partial charge in [0.25, 0.3) is 0 Å². The van der Waals surface area contributed by atoms with Gasteiger partial charge in [-0.05, 0) is 24.5 Å². The van der Waals surface area contributed by atoms with Crippen LogP contribution in [0.1, 0.15) is 36.3 Å². The Hall–Kier alpha value is -2.14. The van der Waals surface area contributed by atoms with Crippen LogP contribution in [0.25, 0.3) is 11.6 Å². The number of hydrogen-bond acceptors (Lipinski definition) is 4. The molecule has 1 aromatic heterocycles. The van der Waals surface area contributed by atoms with E-state index in [1.165, 1.54) is 10.1 Å². The first-order chi connectivity index (χ1) is 10.7. The van der Waals surface area contributed by atoms with E-state index in [0.717, 1.165) is 41.0 Å². The highest BCUT2D eigenvalue weighted by molar-refractivity contribution is 7.10. The molecule has 3 rings (SSSR count). The number of allylic oxidation sites excluding steroid dienone is 1. The molecular weight excluding hydrogens is 296 g/mol. The van der Waals surface area contributed by atoms with Crippen molar-refractivity contribution in [2.45, 2.75) is 33.2 Å². The van der Waals surface area contributed by atoms with Gasteiger partial charge in [-0.25, -0.2) is 0 Å². The Morgan fingerprint density at radius 2 is 2.18 bits per heavy atom. The van der Waals surface area contributed by atoms with Crippen molar-refractivity contribution < 1.29 is 5.11 Å². The molecule has 1 aliphatic heterocycles. The normalized spacial score (nSPS) is 14.7. The van der Waals surface area contributed by atoms with E-state index in [0.29, 0.717) is 11.4 Å². The summed E-state index contributed by atoms with van der Waals surface area (Å²) in [5.74, 6) is 0.0536. The van der Waals surface area contributed by atoms with Gasteiger partial charge >= 0.3 is 4.87 Å². The standard InChI is InChI=1S/C17H18N2O2S/c1-3-8-19-16(20)14(22-17(19)21)9-12-10-18-15-11(4-2)6-5-7-13(12)15/h5-7,9-10,20H,3-4,8H2,1-2H3. The minimum Gasteiger partial charge on any atom is -0.493 e. The smallest absolute Gasteiger partial charge is 0.310 e. The fourth-order valence-electron chi connectivity index (χ4n) is 2.65. The summed E-state index contributed by atoms with van der Waals surface area (Å²) in [4.78, 5) is 16.9. The monoisotopic (exact) mass is 314 g/mol. The van der Waals surface area contributed by atoms with E-state index < -0.39 is 0 Å². The number of para-hydroxylation sites is 1. The zero-order valence-electron chi connectivity index (χ0n) is 12.7. The highest BCUT2D eigenvalue weighted by atomic mass is 32.1. The SMILES string of the molecule is CCCn1c(O)c(C=C2C=Nc3c(CC)cccc32)sc1=O. The second-order valence-corrected chi connectivity index (χ2v) is 6.23. The lowest BCUT2D eigenvalue weighted by Gasteiger charge is -2.04. The summed E-state index contributed by atoms with van der Waals surface area (Å²) in [7, 11) is 0. The molecule has 0 bridgehead atoms. The predicted octanol–water partition coefficient (Wildman–Crippen LogP) is 3.84. The van der Waals surface area contributed by atoms with Crippen LogP contribution in [0.5, 0.6) is 5.88 Å². The summed E-state index contributed by atoms with van der Waals surface area (Å²) in [5, 5.41) is 10.2. The quantitative estimate of drug-likeness (QED) is 0.932. The van der Waals surface area contributed by atoms with Crippen LogP contribution in [0.4, 0.5) is 5.69 Å². The third-order valence-corrected chi connectivity index (χ3v) is 4.69. The van der Waals surface area contributed by atoms with Gasteiger partial charge in [-0.2, -0.15) is 0 Å². The third kappa shape index (κ3) is 2.41. The van der Waals surface area contributed by atoms with Gasteiger partial charge in [0.2, 0.25) is 5.88 Å². The molecule has 4 nitrogen and oxygen atoms in total. The summed E-state index contributed by atoms with van der Waals surface area (Å²) in [6, 6.07) is 6.12. The molecule has 1 N–H and O–H groups in total. The highest BCUT2D eigenvalue weighted by Crippen LogP contribution is 2.37. The molecule has 0 radical (unpaired) electrons. The van der Waals surface area contributed by atoms with Crippen molar-refractivity contribution in [2.24, 2.45) is 4.99 Å². The van der Waals surface area contributed by atoms with E-state index in [-0.39, 0.29) is 10.8 Å². The molecule has 0 amide bonds. The molecule has 0 fully saturated rings. The van der Waals surface area contributed by atoms with Crippen molar-refractivity contribution in [3.63, 3.8) is 0 Å². The van der Waals surface area contributed by atoms with Crippen molar-refractivity contribution in [3.8, 4) is 5.88 Å². The Morgan fingerprint density at radius 1 is 1.36 bits per heavy atom. The topological polar surface area (TPSA) is 54.6 Å². The lowest BCUT2D eigenvalue weighted by molar-refractivity contribution is 0.411. The van der Waals surface area contributed by atoms with Crippen molar-refractivity contribution >= 4 is 34.9 Å². The third-order valence-electron chi connectivity index (χ3n) is 3.77. The van der Waals surface area contributed by atoms with Crippen LogP contribution in [0, 0.1) is 0 Å². The molecule has 0 aliphatic carbocycles. The van der Waals surface area contributed by atoms with Crippen LogP contribution < -0.4 is 4.87 Å². The minimum atomic E-state index is -0.122. The van der Waals surface area contributed by atoms with Crippen molar-refractivity contribution in [2.75, 3.05) is 0 Å². The van der Waals surface area contributed by atoms with Crippen LogP contribution in [-0.4, -0.2) is 15.9 Å². The second kappa shape index (κ2) is 5.93. The zero-order valence-corrected chi connectivity index (χ0v) is 13.5. The van der Waals surface area contributed by atoms with Crippen LogP contribution in [0.3, 0.4) is 0 Å². The average Bonchev–Trinajstić information content (AvgIpc) is 3.04. The van der Waals surface area contributed by atoms with E-state index in [1.54, 1.807) is 6.21 Å². The van der Waals surface area contributed by atoms with E-state index >= 15 is 0 Å². The summed E-state index contributed by atoms with van der Waals surface area (Å²) in [6.07, 6.45) is 5.39. The molecule has 1 aliphatic rings. The van der Waals surface area contributed by atoms with Gasteiger partial charge < -0.3 is 5.11 Å². The number of aromatic hydroxyl groups is 1. The van der Waals surface area contributed by atoms with E-state index in [4.69, 9.17) is 0 Å². The molecule has 114 valence electrons. The number of aryl methyl sites for hydroxylation is 1. The number of nitrogens with zero attached hydrogens (tertiary/aromatic N) is 2. The molecule has 0 atom stereocenters. The molecule has 2 heterocycles. The number of hydrogen-bond donors (Lipinski definition) is 1. The number of aliphatic imine (C=N–C) groups is 1. The summed E-state index contributed by atoms with van der Waals surface area (Å²) in [6.45, 7) is 4.62. The Bertz CT molecular complexity index is 828. The first-order valence-corrected chi connectivity index (χ1v) is 8.28. The molecule has 0 spiro atoms. The average molecular weight is 314 g/mol. The number of rotatable bonds is 4. The fourth-order valence-corrected chi connectivity index (χ4v) is 3.51. The van der Waals surface area contributed by atoms with Gasteiger partial charge in [-0.15, -0.1) is 0 Å². The molecular formula is C17H18N2O2S. The van der Waals surface area contributed by atoms with E-state index in [2.05, 4.69) is 18.0 Å². The molecule has 0 saturated carbocycles. The summed E-state index contributed by atoms with van der Waals surface area (Å²) < 4.78 is 1.42. The Labute approximate surface area is 133 Å². The highest BCUT2D eigenvalue weighted by Gasteiger charge is 2.17. The Balaban J connectivity index is 2.05. The molecule has 22 heavy (non-hydrogen) atoms. The lowest BCUT2D eigenvalue weighted by Crippen LogP contribution is -2.11. The molecule has 5 heteroatoms. The largest absolute Gasteiger partial charge is 0.493 e. The Kier molecular flexibility index (Phi) is 3.98. The maximum Gasteiger partial charge on any atom is 0.310 e. The van der Waals surface area contributed by atoms with Gasteiger partial charge in [-0.1, -0.05) is 43.4 Å². The fraction of sp³-hybridized carbons (Fsp3) is 0.294. The van der Waals surface area contributed by atoms with Crippen LogP contribution in [0.15, 0.2) is 28.0 Å². The van der Waals surface area contributed by atoms with Gasteiger partial charge in [0.05, 0.1) is 10.6 Å². The van der Waals surface area contributed by atoms with Crippen LogP contribution >= 0.6 is 11.3 Å². The van der Waals surface area contributed by atoms with Gasteiger partial charge in [0.1, 0.15) is 0 Å². The van der Waals surface area contributed by atoms with Gasteiger partial charge in [0, 0.05) is 23.9 Å². The number of benzene rings is 1. The summed E-state index contributed by atoms with van der Waals surface area (Å²) in [5.41, 5.74) is 4.20. The maximum absolute atomic E-state index is 11.9. The zero-order chi connectivity index (χ0) is 15.7. The van der Waals surface area contributed by atoms with Crippen LogP contribution in [0.2, 0.25) is 0 Å². The lowest BCUT2D eigenvalue weighted by atomic mass is 10.0. The maximum atomic E-state index is 11.9. The van der Waals surface area contributed by atoms with Crippen molar-refractivity contribution in [3.05, 3.63) is 43.9 Å². The predicted molar refractivity (Wildman–Crippen MR) is 92.4 cm³/mol. The Morgan fingerprint density at radius 3 is 2.91 bits per heavy atom. The number of aromatic nitrogens is 1. The van der Waals surface area contributed by atoms with E-state index in [9.17, 15) is 9.90 Å². The first kappa shape index (κ1) is 14.8. The molecule has 0 unspecified atom stereocenters. The first-order valence-electron chi connectivity index (χ1n) is 7.46. The van der Waals surface area contributed by atoms with Gasteiger partial charge in [-0.3, -0.25) is 14.4 Å². The van der Waals surface area contributed by atoms with E-state index in [1.807, 2.05) is 25.1 Å². The molecule has 2 aromatic rings.